The van der Waals surface area contributed by atoms with Crippen molar-refractivity contribution in [1.29, 1.82) is 0 Å². The number of rotatable bonds is 8. The molecule has 0 aliphatic carbocycles. The standard InChI is InChI=1S/C18H24N2OS/c1-3-15(2)19-12-18(21)20(14-17-10-7-11-22-17)13-16-8-5-4-6-9-16/h4-11,15,19H,3,12-14H2,1-2H3/p+1/t15-/m1/s1. The summed E-state index contributed by atoms with van der Waals surface area (Å²) in [6.45, 7) is 6.20. The van der Waals surface area contributed by atoms with Crippen LogP contribution in [0.25, 0.3) is 0 Å². The molecule has 0 spiro atoms. The van der Waals surface area contributed by atoms with Crippen LogP contribution in [0.15, 0.2) is 47.8 Å². The third-order valence-corrected chi connectivity index (χ3v) is 4.70. The highest BCUT2D eigenvalue weighted by atomic mass is 32.1. The van der Waals surface area contributed by atoms with Crippen molar-refractivity contribution in [3.8, 4) is 0 Å². The molecule has 1 amide bonds. The molecule has 0 radical (unpaired) electrons. The number of carbonyl (C=O) groups excluding carboxylic acids is 1. The summed E-state index contributed by atoms with van der Waals surface area (Å²) in [7, 11) is 0. The van der Waals surface area contributed by atoms with E-state index in [9.17, 15) is 4.79 Å². The Bertz CT molecular complexity index is 554. The van der Waals surface area contributed by atoms with Crippen molar-refractivity contribution in [2.75, 3.05) is 6.54 Å². The van der Waals surface area contributed by atoms with Gasteiger partial charge in [-0.2, -0.15) is 0 Å². The van der Waals surface area contributed by atoms with E-state index in [1.807, 2.05) is 29.2 Å². The Morgan fingerprint density at radius 2 is 1.95 bits per heavy atom. The monoisotopic (exact) mass is 317 g/mol. The molecule has 2 N–H and O–H groups in total. The second kappa shape index (κ2) is 8.71. The van der Waals surface area contributed by atoms with Crippen LogP contribution in [-0.2, 0) is 17.9 Å². The van der Waals surface area contributed by atoms with Gasteiger partial charge < -0.3 is 10.2 Å². The first-order valence-electron chi connectivity index (χ1n) is 7.86. The van der Waals surface area contributed by atoms with Gasteiger partial charge in [-0.15, -0.1) is 11.3 Å². The maximum Gasteiger partial charge on any atom is 0.278 e. The van der Waals surface area contributed by atoms with E-state index in [2.05, 4.69) is 42.7 Å². The van der Waals surface area contributed by atoms with Crippen LogP contribution < -0.4 is 5.32 Å². The van der Waals surface area contributed by atoms with Gasteiger partial charge in [-0.25, -0.2) is 0 Å². The fourth-order valence-electron chi connectivity index (χ4n) is 2.22. The lowest BCUT2D eigenvalue weighted by atomic mass is 10.2. The highest BCUT2D eigenvalue weighted by Crippen LogP contribution is 2.14. The minimum absolute atomic E-state index is 0.206. The van der Waals surface area contributed by atoms with Crippen molar-refractivity contribution in [1.82, 2.24) is 4.90 Å². The van der Waals surface area contributed by atoms with Crippen LogP contribution in [0, 0.1) is 0 Å². The molecule has 0 bridgehead atoms. The predicted octanol–water partition coefficient (Wildman–Crippen LogP) is 2.64. The van der Waals surface area contributed by atoms with E-state index in [1.165, 1.54) is 10.4 Å². The molecule has 2 aromatic rings. The molecule has 0 fully saturated rings. The summed E-state index contributed by atoms with van der Waals surface area (Å²) >= 11 is 1.70. The van der Waals surface area contributed by atoms with E-state index in [4.69, 9.17) is 0 Å². The molecule has 1 heterocycles. The van der Waals surface area contributed by atoms with Crippen molar-refractivity contribution in [2.45, 2.75) is 39.4 Å². The minimum atomic E-state index is 0.206. The second-order valence-electron chi connectivity index (χ2n) is 5.64. The van der Waals surface area contributed by atoms with Crippen LogP contribution in [-0.4, -0.2) is 23.4 Å². The van der Waals surface area contributed by atoms with Gasteiger partial charge in [0.05, 0.1) is 12.6 Å². The molecule has 3 nitrogen and oxygen atoms in total. The zero-order chi connectivity index (χ0) is 15.8. The zero-order valence-electron chi connectivity index (χ0n) is 13.4. The van der Waals surface area contributed by atoms with Crippen LogP contribution in [0.5, 0.6) is 0 Å². The molecule has 2 rings (SSSR count). The van der Waals surface area contributed by atoms with E-state index >= 15 is 0 Å². The fourth-order valence-corrected chi connectivity index (χ4v) is 2.94. The summed E-state index contributed by atoms with van der Waals surface area (Å²) in [6.07, 6.45) is 1.08. The lowest BCUT2D eigenvalue weighted by Crippen LogP contribution is -2.91. The average Bonchev–Trinajstić information content (AvgIpc) is 3.05. The van der Waals surface area contributed by atoms with E-state index in [-0.39, 0.29) is 5.91 Å². The highest BCUT2D eigenvalue weighted by molar-refractivity contribution is 7.09. The Kier molecular flexibility index (Phi) is 6.62. The third kappa shape index (κ3) is 5.28. The normalized spacial score (nSPS) is 12.1. The number of amides is 1. The number of hydrogen-bond donors (Lipinski definition) is 1. The number of nitrogens with two attached hydrogens (primary N) is 1. The molecule has 1 aromatic heterocycles. The number of carbonyl (C=O) groups is 1. The molecule has 0 saturated heterocycles. The summed E-state index contributed by atoms with van der Waals surface area (Å²) in [6, 6.07) is 14.8. The third-order valence-electron chi connectivity index (χ3n) is 3.83. The number of quaternary nitrogens is 1. The van der Waals surface area contributed by atoms with Gasteiger partial charge in [0.15, 0.2) is 6.54 Å². The molecule has 1 aromatic carbocycles. The van der Waals surface area contributed by atoms with Gasteiger partial charge in [0, 0.05) is 11.4 Å². The maximum atomic E-state index is 12.6. The van der Waals surface area contributed by atoms with Crippen LogP contribution in [0.2, 0.25) is 0 Å². The Morgan fingerprint density at radius 1 is 1.18 bits per heavy atom. The van der Waals surface area contributed by atoms with E-state index in [0.29, 0.717) is 25.7 Å². The molecule has 118 valence electrons. The second-order valence-corrected chi connectivity index (χ2v) is 6.67. The number of nitrogens with zero attached hydrogens (tertiary/aromatic N) is 1. The summed E-state index contributed by atoms with van der Waals surface area (Å²) in [4.78, 5) is 15.8. The van der Waals surface area contributed by atoms with Crippen molar-refractivity contribution in [3.05, 3.63) is 58.3 Å². The molecule has 22 heavy (non-hydrogen) atoms. The lowest BCUT2D eigenvalue weighted by Gasteiger charge is -2.22. The van der Waals surface area contributed by atoms with Crippen LogP contribution >= 0.6 is 11.3 Å². The first-order chi connectivity index (χ1) is 10.7. The van der Waals surface area contributed by atoms with Gasteiger partial charge in [0.2, 0.25) is 0 Å². The molecule has 4 heteroatoms. The lowest BCUT2D eigenvalue weighted by molar-refractivity contribution is -0.676. The quantitative estimate of drug-likeness (QED) is 0.798. The minimum Gasteiger partial charge on any atom is -0.336 e. The van der Waals surface area contributed by atoms with Crippen molar-refractivity contribution >= 4 is 17.2 Å². The van der Waals surface area contributed by atoms with Crippen LogP contribution in [0.4, 0.5) is 0 Å². The summed E-state index contributed by atoms with van der Waals surface area (Å²) in [5.41, 5.74) is 1.18. The zero-order valence-corrected chi connectivity index (χ0v) is 14.2. The molecular formula is C18H25N2OS+. The van der Waals surface area contributed by atoms with Crippen LogP contribution in [0.3, 0.4) is 0 Å². The summed E-state index contributed by atoms with van der Waals surface area (Å²) in [5.74, 6) is 0.206. The summed E-state index contributed by atoms with van der Waals surface area (Å²) in [5, 5.41) is 4.19. The molecule has 0 aliphatic heterocycles. The fraction of sp³-hybridized carbons (Fsp3) is 0.389. The largest absolute Gasteiger partial charge is 0.336 e. The van der Waals surface area contributed by atoms with Crippen molar-refractivity contribution in [3.63, 3.8) is 0 Å². The number of hydrogen-bond acceptors (Lipinski definition) is 2. The highest BCUT2D eigenvalue weighted by Gasteiger charge is 2.17. The predicted molar refractivity (Wildman–Crippen MR) is 91.6 cm³/mol. The molecule has 1 atom stereocenters. The van der Waals surface area contributed by atoms with E-state index in [1.54, 1.807) is 11.3 Å². The van der Waals surface area contributed by atoms with Gasteiger partial charge in [0.25, 0.3) is 5.91 Å². The van der Waals surface area contributed by atoms with Crippen molar-refractivity contribution in [2.24, 2.45) is 0 Å². The Hall–Kier alpha value is -1.65. The molecular weight excluding hydrogens is 292 g/mol. The van der Waals surface area contributed by atoms with Crippen molar-refractivity contribution < 1.29 is 10.1 Å². The average molecular weight is 317 g/mol. The number of benzene rings is 1. The molecule has 0 aliphatic rings. The van der Waals surface area contributed by atoms with E-state index < -0.39 is 0 Å². The molecule has 0 unspecified atom stereocenters. The van der Waals surface area contributed by atoms with Crippen LogP contribution in [0.1, 0.15) is 30.7 Å². The first kappa shape index (κ1) is 16.7. The smallest absolute Gasteiger partial charge is 0.278 e. The van der Waals surface area contributed by atoms with E-state index in [0.717, 1.165) is 6.42 Å². The maximum absolute atomic E-state index is 12.6. The SMILES string of the molecule is CC[C@@H](C)[NH2+]CC(=O)N(Cc1ccccc1)Cc1cccs1. The first-order valence-corrected chi connectivity index (χ1v) is 8.74. The Labute approximate surface area is 137 Å². The Balaban J connectivity index is 2.02. The topological polar surface area (TPSA) is 36.9 Å². The van der Waals surface area contributed by atoms with Gasteiger partial charge in [-0.05, 0) is 30.4 Å². The number of thiophene rings is 1. The molecule has 0 saturated carbocycles. The van der Waals surface area contributed by atoms with Gasteiger partial charge in [-0.3, -0.25) is 4.79 Å². The Morgan fingerprint density at radius 3 is 2.59 bits per heavy atom. The summed E-state index contributed by atoms with van der Waals surface area (Å²) < 4.78 is 0. The van der Waals surface area contributed by atoms with Gasteiger partial charge >= 0.3 is 0 Å². The van der Waals surface area contributed by atoms with Gasteiger partial charge in [0.1, 0.15) is 0 Å². The van der Waals surface area contributed by atoms with Gasteiger partial charge in [-0.1, -0.05) is 43.3 Å².